The molecule has 7 nitrogen and oxygen atoms in total. The molecular weight excluding hydrogens is 442 g/mol. The van der Waals surface area contributed by atoms with E-state index in [0.717, 1.165) is 12.8 Å². The van der Waals surface area contributed by atoms with Crippen molar-refractivity contribution in [1.82, 2.24) is 10.6 Å². The molecule has 206 valence electrons. The molecule has 2 amide bonds. The van der Waals surface area contributed by atoms with Crippen molar-refractivity contribution in [3.8, 4) is 0 Å². The van der Waals surface area contributed by atoms with Crippen LogP contribution in [-0.4, -0.2) is 56.0 Å². The highest BCUT2D eigenvalue weighted by Gasteiger charge is 2.08. The van der Waals surface area contributed by atoms with Crippen LogP contribution in [0, 0.1) is 5.21 Å². The van der Waals surface area contributed by atoms with E-state index in [1.165, 1.54) is 70.6 Å². The summed E-state index contributed by atoms with van der Waals surface area (Å²) in [6, 6.07) is 0. The minimum atomic E-state index is -0.371. The fourth-order valence-electron chi connectivity index (χ4n) is 4.06. The number of nitrogens with zero attached hydrogens (tertiary/aromatic N) is 1. The Labute approximate surface area is 215 Å². The first-order valence-corrected chi connectivity index (χ1v) is 14.3. The molecule has 35 heavy (non-hydrogen) atoms. The molecule has 0 aliphatic carbocycles. The Morgan fingerprint density at radius 3 is 1.54 bits per heavy atom. The van der Waals surface area contributed by atoms with Crippen LogP contribution in [0.5, 0.6) is 0 Å². The molecule has 0 spiro atoms. The van der Waals surface area contributed by atoms with E-state index >= 15 is 0 Å². The minimum absolute atomic E-state index is 0.0447. The molecule has 0 rings (SSSR count). The van der Waals surface area contributed by atoms with Gasteiger partial charge in [0.25, 0.3) is 0 Å². The van der Waals surface area contributed by atoms with E-state index in [-0.39, 0.29) is 35.1 Å². The van der Waals surface area contributed by atoms with Gasteiger partial charge < -0.3 is 20.5 Å². The Morgan fingerprint density at radius 1 is 0.571 bits per heavy atom. The molecule has 0 aromatic carbocycles. The summed E-state index contributed by atoms with van der Waals surface area (Å²) < 4.78 is -0.371. The zero-order valence-electron chi connectivity index (χ0n) is 23.1. The van der Waals surface area contributed by atoms with Crippen molar-refractivity contribution in [2.75, 3.05) is 33.7 Å². The van der Waals surface area contributed by atoms with Gasteiger partial charge >= 0.3 is 0 Å². The highest BCUT2D eigenvalue weighted by atomic mass is 16.5. The third-order valence-corrected chi connectivity index (χ3v) is 6.29. The van der Waals surface area contributed by atoms with Gasteiger partial charge in [-0.25, -0.2) is 0 Å². The Balaban J connectivity index is 3.43. The maximum Gasteiger partial charge on any atom is 0.220 e. The van der Waals surface area contributed by atoms with Gasteiger partial charge in [-0.2, -0.15) is 0 Å². The molecule has 0 saturated carbocycles. The summed E-state index contributed by atoms with van der Waals surface area (Å²) in [4.78, 5) is 35.6. The monoisotopic (exact) mass is 497 g/mol. The van der Waals surface area contributed by atoms with Gasteiger partial charge in [-0.05, 0) is 12.8 Å². The van der Waals surface area contributed by atoms with Crippen molar-refractivity contribution in [1.29, 1.82) is 0 Å². The Morgan fingerprint density at radius 2 is 1.03 bits per heavy atom. The van der Waals surface area contributed by atoms with Crippen LogP contribution in [0.2, 0.25) is 0 Å². The number of carbonyl (C=O) groups is 3. The lowest BCUT2D eigenvalue weighted by atomic mass is 10.0. The van der Waals surface area contributed by atoms with Crippen LogP contribution in [0.1, 0.15) is 129 Å². The number of ketones is 1. The molecule has 0 bridgehead atoms. The molecule has 0 aromatic heterocycles. The number of unbranched alkanes of at least 4 members (excludes halogenated alkanes) is 12. The summed E-state index contributed by atoms with van der Waals surface area (Å²) in [5.41, 5.74) is 0. The van der Waals surface area contributed by atoms with E-state index in [0.29, 0.717) is 45.3 Å². The van der Waals surface area contributed by atoms with Gasteiger partial charge in [0, 0.05) is 45.2 Å². The zero-order valence-corrected chi connectivity index (χ0v) is 23.1. The van der Waals surface area contributed by atoms with Crippen LogP contribution in [0.15, 0.2) is 0 Å². The van der Waals surface area contributed by atoms with Crippen LogP contribution in [0.25, 0.3) is 0 Å². The number of Topliss-reactive ketones (excluding diaryl/α,β-unsaturated/α-hetero) is 1. The number of nitrogens with one attached hydrogen (secondary N) is 2. The summed E-state index contributed by atoms with van der Waals surface area (Å²) in [5.74, 6) is -0.0382. The molecule has 2 N–H and O–H groups in total. The van der Waals surface area contributed by atoms with Crippen LogP contribution < -0.4 is 10.6 Å². The van der Waals surface area contributed by atoms with Crippen molar-refractivity contribution in [2.45, 2.75) is 129 Å². The van der Waals surface area contributed by atoms with Crippen molar-refractivity contribution in [2.24, 2.45) is 0 Å². The number of quaternary nitrogens is 1. The minimum Gasteiger partial charge on any atom is -0.633 e. The summed E-state index contributed by atoms with van der Waals surface area (Å²) in [5, 5.41) is 17.1. The number of carbonyl (C=O) groups excluding carboxylic acids is 3. The van der Waals surface area contributed by atoms with E-state index in [4.69, 9.17) is 0 Å². The van der Waals surface area contributed by atoms with Crippen LogP contribution in [-0.2, 0) is 14.4 Å². The Bertz CT molecular complexity index is 547. The number of hydroxylamine groups is 3. The first-order valence-electron chi connectivity index (χ1n) is 14.3. The molecule has 0 heterocycles. The summed E-state index contributed by atoms with van der Waals surface area (Å²) >= 11 is 0. The lowest BCUT2D eigenvalue weighted by Gasteiger charge is -2.33. The van der Waals surface area contributed by atoms with Crippen LogP contribution in [0.4, 0.5) is 0 Å². The molecular formula is C28H55N3O4. The Hall–Kier alpha value is -1.47. The number of hydrogen-bond donors (Lipinski definition) is 2. The average molecular weight is 498 g/mol. The summed E-state index contributed by atoms with van der Waals surface area (Å²) in [6.45, 7) is 3.68. The first-order chi connectivity index (χ1) is 16.7. The highest BCUT2D eigenvalue weighted by molar-refractivity contribution is 5.84. The molecule has 0 aliphatic heterocycles. The molecule has 0 unspecified atom stereocenters. The van der Waals surface area contributed by atoms with Crippen molar-refractivity contribution in [3.05, 3.63) is 5.21 Å². The summed E-state index contributed by atoms with van der Waals surface area (Å²) in [6.07, 6.45) is 19.4. The average Bonchev–Trinajstić information content (AvgIpc) is 2.80. The van der Waals surface area contributed by atoms with Gasteiger partial charge in [-0.3, -0.25) is 14.4 Å². The smallest absolute Gasteiger partial charge is 0.220 e. The summed E-state index contributed by atoms with van der Waals surface area (Å²) in [7, 11) is 3.14. The second kappa shape index (κ2) is 23.0. The van der Waals surface area contributed by atoms with E-state index in [2.05, 4.69) is 17.6 Å². The molecule has 7 heteroatoms. The molecule has 0 aliphatic rings. The number of hydrogen-bond acceptors (Lipinski definition) is 4. The fraction of sp³-hybridized carbons (Fsp3) is 0.893. The van der Waals surface area contributed by atoms with E-state index in [9.17, 15) is 19.6 Å². The normalized spacial score (nSPS) is 11.4. The quantitative estimate of drug-likeness (QED) is 0.0947. The fourth-order valence-corrected chi connectivity index (χ4v) is 4.06. The van der Waals surface area contributed by atoms with Crippen molar-refractivity contribution in [3.63, 3.8) is 0 Å². The largest absolute Gasteiger partial charge is 0.633 e. The van der Waals surface area contributed by atoms with Gasteiger partial charge in [0.15, 0.2) is 0 Å². The van der Waals surface area contributed by atoms with Gasteiger partial charge in [0.1, 0.15) is 5.78 Å². The highest BCUT2D eigenvalue weighted by Crippen LogP contribution is 2.13. The molecule has 0 fully saturated rings. The lowest BCUT2D eigenvalue weighted by Crippen LogP contribution is -2.35. The zero-order chi connectivity index (χ0) is 26.2. The standard InChI is InChI=1S/C28H55N3O4/c1-4-5-6-7-8-9-10-11-12-13-14-15-16-20-27(33)29-23-17-19-26(32)21-22-28(34)30-24-18-25-31(2,3)35/h4-25H2,1-3H3,(H,29,33)(H,30,34). The topological polar surface area (TPSA) is 98.3 Å². The second-order valence-electron chi connectivity index (χ2n) is 10.5. The van der Waals surface area contributed by atoms with Crippen molar-refractivity contribution >= 4 is 17.6 Å². The maximum atomic E-state index is 11.9. The lowest BCUT2D eigenvalue weighted by molar-refractivity contribution is -0.840. The molecule has 0 saturated heterocycles. The van der Waals surface area contributed by atoms with E-state index in [1.807, 2.05) is 0 Å². The van der Waals surface area contributed by atoms with Crippen LogP contribution in [0.3, 0.4) is 0 Å². The van der Waals surface area contributed by atoms with Gasteiger partial charge in [0.05, 0.1) is 20.6 Å². The SMILES string of the molecule is CCCCCCCCCCCCCCCC(=O)NCCCC(=O)CCC(=O)NCCC[N+](C)(C)[O-]. The van der Waals surface area contributed by atoms with Gasteiger partial charge in [0.2, 0.25) is 11.8 Å². The van der Waals surface area contributed by atoms with Crippen LogP contribution >= 0.6 is 0 Å². The van der Waals surface area contributed by atoms with E-state index in [1.54, 1.807) is 14.1 Å². The third kappa shape index (κ3) is 27.0. The van der Waals surface area contributed by atoms with Gasteiger partial charge in [-0.1, -0.05) is 84.0 Å². The van der Waals surface area contributed by atoms with Crippen molar-refractivity contribution < 1.29 is 19.0 Å². The Kier molecular flexibility index (Phi) is 22.0. The molecule has 0 aromatic rings. The molecule has 0 radical (unpaired) electrons. The number of amides is 2. The maximum absolute atomic E-state index is 11.9. The third-order valence-electron chi connectivity index (χ3n) is 6.29. The predicted octanol–water partition coefficient (Wildman–Crippen LogP) is 5.79. The number of rotatable bonds is 25. The first kappa shape index (κ1) is 33.5. The van der Waals surface area contributed by atoms with Gasteiger partial charge in [-0.15, -0.1) is 0 Å². The molecule has 0 atom stereocenters. The predicted molar refractivity (Wildman–Crippen MR) is 145 cm³/mol. The second-order valence-corrected chi connectivity index (χ2v) is 10.5. The van der Waals surface area contributed by atoms with E-state index < -0.39 is 0 Å².